The van der Waals surface area contributed by atoms with Gasteiger partial charge in [0.2, 0.25) is 0 Å². The Labute approximate surface area is 144 Å². The smallest absolute Gasteiger partial charge is 0.117 e. The summed E-state index contributed by atoms with van der Waals surface area (Å²) in [5.41, 5.74) is 4.60. The second-order valence-corrected chi connectivity index (χ2v) is 6.96. The third-order valence-electron chi connectivity index (χ3n) is 4.11. The van der Waals surface area contributed by atoms with E-state index in [0.717, 1.165) is 26.1 Å². The topological polar surface area (TPSA) is 40.5 Å². The average molecular weight is 332 g/mol. The van der Waals surface area contributed by atoms with Crippen LogP contribution in [0.15, 0.2) is 66.7 Å². The minimum absolute atomic E-state index is 0.259. The largest absolute Gasteiger partial charge is 0.508 e. The van der Waals surface area contributed by atoms with E-state index in [4.69, 9.17) is 0 Å². The summed E-state index contributed by atoms with van der Waals surface area (Å²) in [6, 6.07) is 21.2. The molecule has 4 rings (SSSR count). The van der Waals surface area contributed by atoms with Crippen molar-refractivity contribution >= 4 is 21.4 Å². The van der Waals surface area contributed by atoms with Gasteiger partial charge in [-0.05, 0) is 60.5 Å². The Morgan fingerprint density at radius 1 is 0.750 bits per heavy atom. The number of aromatic hydroxyl groups is 2. The van der Waals surface area contributed by atoms with E-state index in [9.17, 15) is 10.2 Å². The van der Waals surface area contributed by atoms with Crippen LogP contribution in [0.25, 0.3) is 31.7 Å². The van der Waals surface area contributed by atoms with E-state index in [1.54, 1.807) is 29.5 Å². The predicted octanol–water partition coefficient (Wildman–Crippen LogP) is 5.95. The molecule has 0 radical (unpaired) electrons. The van der Waals surface area contributed by atoms with E-state index < -0.39 is 0 Å². The quantitative estimate of drug-likeness (QED) is 0.476. The summed E-state index contributed by atoms with van der Waals surface area (Å²) in [7, 11) is 0. The molecule has 0 atom stereocenters. The first-order valence-corrected chi connectivity index (χ1v) is 8.55. The molecule has 0 unspecified atom stereocenters. The molecular formula is C21H16O2S. The molecule has 24 heavy (non-hydrogen) atoms. The Kier molecular flexibility index (Phi) is 3.51. The summed E-state index contributed by atoms with van der Waals surface area (Å²) in [4.78, 5) is 1.14. The number of rotatable bonds is 2. The van der Waals surface area contributed by atoms with E-state index >= 15 is 0 Å². The van der Waals surface area contributed by atoms with Gasteiger partial charge in [0.1, 0.15) is 11.5 Å². The first-order chi connectivity index (χ1) is 11.6. The molecule has 4 aromatic rings. The van der Waals surface area contributed by atoms with Crippen molar-refractivity contribution < 1.29 is 10.2 Å². The van der Waals surface area contributed by atoms with Gasteiger partial charge in [0.15, 0.2) is 0 Å². The first kappa shape index (κ1) is 14.8. The number of phenolic OH excluding ortho intramolecular Hbond substituents is 2. The molecule has 0 amide bonds. The zero-order valence-electron chi connectivity index (χ0n) is 13.2. The van der Waals surface area contributed by atoms with Gasteiger partial charge in [-0.2, -0.15) is 0 Å². The molecule has 0 bridgehead atoms. The van der Waals surface area contributed by atoms with Crippen molar-refractivity contribution in [2.24, 2.45) is 0 Å². The Balaban J connectivity index is 2.05. The Morgan fingerprint density at radius 2 is 1.50 bits per heavy atom. The lowest BCUT2D eigenvalue weighted by molar-refractivity contribution is 0.475. The van der Waals surface area contributed by atoms with Crippen molar-refractivity contribution in [1.82, 2.24) is 0 Å². The van der Waals surface area contributed by atoms with E-state index in [0.29, 0.717) is 0 Å². The number of thiophene rings is 1. The van der Waals surface area contributed by atoms with E-state index in [1.807, 2.05) is 24.3 Å². The summed E-state index contributed by atoms with van der Waals surface area (Å²) >= 11 is 1.66. The van der Waals surface area contributed by atoms with Gasteiger partial charge >= 0.3 is 0 Å². The number of hydrogen-bond acceptors (Lipinski definition) is 3. The summed E-state index contributed by atoms with van der Waals surface area (Å²) in [6.07, 6.45) is 0. The molecule has 2 nitrogen and oxygen atoms in total. The van der Waals surface area contributed by atoms with Crippen LogP contribution in [0.2, 0.25) is 0 Å². The SMILES string of the molecule is Cc1cccc(-c2c(-c3ccc(O)cc3)sc3cc(O)ccc23)c1. The van der Waals surface area contributed by atoms with Crippen molar-refractivity contribution in [2.75, 3.05) is 0 Å². The van der Waals surface area contributed by atoms with Crippen LogP contribution in [0.5, 0.6) is 11.5 Å². The minimum atomic E-state index is 0.259. The van der Waals surface area contributed by atoms with Crippen LogP contribution in [0.3, 0.4) is 0 Å². The van der Waals surface area contributed by atoms with Crippen molar-refractivity contribution in [1.29, 1.82) is 0 Å². The second kappa shape index (κ2) is 5.69. The molecular weight excluding hydrogens is 316 g/mol. The Bertz CT molecular complexity index is 1030. The molecule has 0 spiro atoms. The van der Waals surface area contributed by atoms with Crippen LogP contribution in [-0.4, -0.2) is 10.2 Å². The molecule has 3 aromatic carbocycles. The molecule has 0 aliphatic heterocycles. The van der Waals surface area contributed by atoms with E-state index in [-0.39, 0.29) is 11.5 Å². The van der Waals surface area contributed by atoms with E-state index in [2.05, 4.69) is 31.2 Å². The lowest BCUT2D eigenvalue weighted by Gasteiger charge is -2.07. The molecule has 118 valence electrons. The summed E-state index contributed by atoms with van der Waals surface area (Å²) < 4.78 is 1.05. The Hall–Kier alpha value is -2.78. The molecule has 0 aliphatic carbocycles. The van der Waals surface area contributed by atoms with Crippen molar-refractivity contribution in [2.45, 2.75) is 6.92 Å². The van der Waals surface area contributed by atoms with Crippen LogP contribution in [0.1, 0.15) is 5.56 Å². The standard InChI is InChI=1S/C21H16O2S/c1-13-3-2-4-15(11-13)20-18-10-9-17(23)12-19(18)24-21(20)14-5-7-16(22)8-6-14/h2-12,22-23H,1H3. The zero-order valence-corrected chi connectivity index (χ0v) is 14.0. The highest BCUT2D eigenvalue weighted by Gasteiger charge is 2.16. The van der Waals surface area contributed by atoms with Crippen LogP contribution < -0.4 is 0 Å². The number of fused-ring (bicyclic) bond motifs is 1. The van der Waals surface area contributed by atoms with Gasteiger partial charge in [-0.1, -0.05) is 29.8 Å². The molecule has 0 aliphatic rings. The maximum Gasteiger partial charge on any atom is 0.117 e. The molecule has 0 saturated carbocycles. The van der Waals surface area contributed by atoms with Gasteiger partial charge in [0.05, 0.1) is 0 Å². The van der Waals surface area contributed by atoms with Gasteiger partial charge < -0.3 is 10.2 Å². The van der Waals surface area contributed by atoms with E-state index in [1.165, 1.54) is 11.1 Å². The molecule has 1 heterocycles. The fourth-order valence-corrected chi connectivity index (χ4v) is 4.25. The van der Waals surface area contributed by atoms with Crippen LogP contribution >= 0.6 is 11.3 Å². The van der Waals surface area contributed by atoms with Crippen molar-refractivity contribution in [3.63, 3.8) is 0 Å². The lowest BCUT2D eigenvalue weighted by Crippen LogP contribution is -1.82. The minimum Gasteiger partial charge on any atom is -0.508 e. The Morgan fingerprint density at radius 3 is 2.25 bits per heavy atom. The highest BCUT2D eigenvalue weighted by atomic mass is 32.1. The predicted molar refractivity (Wildman–Crippen MR) is 101 cm³/mol. The molecule has 0 saturated heterocycles. The fraction of sp³-hybridized carbons (Fsp3) is 0.0476. The monoisotopic (exact) mass is 332 g/mol. The van der Waals surface area contributed by atoms with Crippen LogP contribution in [-0.2, 0) is 0 Å². The third kappa shape index (κ3) is 2.53. The second-order valence-electron chi connectivity index (χ2n) is 5.90. The van der Waals surface area contributed by atoms with Crippen molar-refractivity contribution in [3.8, 4) is 33.1 Å². The number of aryl methyl sites for hydroxylation is 1. The number of benzene rings is 3. The van der Waals surface area contributed by atoms with Gasteiger partial charge in [-0.25, -0.2) is 0 Å². The van der Waals surface area contributed by atoms with Gasteiger partial charge in [0.25, 0.3) is 0 Å². The van der Waals surface area contributed by atoms with Crippen molar-refractivity contribution in [3.05, 3.63) is 72.3 Å². The maximum atomic E-state index is 9.83. The fourth-order valence-electron chi connectivity index (χ4n) is 2.99. The van der Waals surface area contributed by atoms with Gasteiger partial charge in [-0.15, -0.1) is 11.3 Å². The highest BCUT2D eigenvalue weighted by Crippen LogP contribution is 2.45. The number of phenols is 2. The summed E-state index contributed by atoms with van der Waals surface area (Å²) in [6.45, 7) is 2.09. The molecule has 3 heteroatoms. The van der Waals surface area contributed by atoms with Crippen LogP contribution in [0, 0.1) is 6.92 Å². The van der Waals surface area contributed by atoms with Gasteiger partial charge in [0, 0.05) is 20.5 Å². The average Bonchev–Trinajstić information content (AvgIpc) is 2.94. The summed E-state index contributed by atoms with van der Waals surface area (Å²) in [5, 5.41) is 20.5. The normalized spacial score (nSPS) is 11.0. The number of hydrogen-bond donors (Lipinski definition) is 2. The van der Waals surface area contributed by atoms with Gasteiger partial charge in [-0.3, -0.25) is 0 Å². The van der Waals surface area contributed by atoms with Crippen LogP contribution in [0.4, 0.5) is 0 Å². The molecule has 2 N–H and O–H groups in total. The third-order valence-corrected chi connectivity index (χ3v) is 5.31. The first-order valence-electron chi connectivity index (χ1n) is 7.74. The summed E-state index contributed by atoms with van der Waals surface area (Å²) in [5.74, 6) is 0.534. The lowest BCUT2D eigenvalue weighted by atomic mass is 9.97. The zero-order chi connectivity index (χ0) is 16.7. The maximum absolute atomic E-state index is 9.83. The highest BCUT2D eigenvalue weighted by molar-refractivity contribution is 7.23. The molecule has 1 aromatic heterocycles. The molecule has 0 fully saturated rings.